The van der Waals surface area contributed by atoms with Crippen LogP contribution in [0.5, 0.6) is 0 Å². The summed E-state index contributed by atoms with van der Waals surface area (Å²) in [6.45, 7) is 12.8. The second-order valence-electron chi connectivity index (χ2n) is 11.6. The first-order chi connectivity index (χ1) is 16.3. The molecular weight excluding hydrogens is 452 g/mol. The minimum absolute atomic E-state index is 0.121. The third-order valence-corrected chi connectivity index (χ3v) is 9.48. The Balaban J connectivity index is 1.97. The summed E-state index contributed by atoms with van der Waals surface area (Å²) < 4.78 is 16.8. The number of rotatable bonds is 7. The molecule has 3 aliphatic carbocycles. The molecule has 0 saturated heterocycles. The van der Waals surface area contributed by atoms with E-state index in [0.717, 1.165) is 31.3 Å². The smallest absolute Gasteiger partial charge is 0.314 e. The number of aliphatic hydroxyl groups is 2. The first kappa shape index (κ1) is 27.7. The fourth-order valence-electron chi connectivity index (χ4n) is 7.97. The SMILES string of the molecule is C=C1CC[C@H]2[C@]3(C)CC[C@H](OC(C)=O)[C@@](C)(COC(C)=O)[C@H]3CC[C@]2(C)[C@H]1C(=O)OC(CO)CO. The lowest BCUT2D eigenvalue weighted by molar-refractivity contribution is -0.220. The second kappa shape index (κ2) is 10.2. The van der Waals surface area contributed by atoms with Gasteiger partial charge in [-0.25, -0.2) is 0 Å². The van der Waals surface area contributed by atoms with E-state index in [9.17, 15) is 24.6 Å². The van der Waals surface area contributed by atoms with Gasteiger partial charge >= 0.3 is 17.9 Å². The van der Waals surface area contributed by atoms with Crippen molar-refractivity contribution in [3.05, 3.63) is 12.2 Å². The van der Waals surface area contributed by atoms with Crippen molar-refractivity contribution in [3.63, 3.8) is 0 Å². The number of aliphatic hydroxyl groups excluding tert-OH is 2. The fourth-order valence-corrected chi connectivity index (χ4v) is 7.97. The summed E-state index contributed by atoms with van der Waals surface area (Å²) in [5.41, 5.74) is -0.286. The van der Waals surface area contributed by atoms with Crippen LogP contribution in [0.3, 0.4) is 0 Å². The molecule has 0 heterocycles. The molecule has 3 rings (SSSR count). The predicted octanol–water partition coefficient (Wildman–Crippen LogP) is 3.18. The maximum absolute atomic E-state index is 13.3. The van der Waals surface area contributed by atoms with Gasteiger partial charge in [-0.3, -0.25) is 14.4 Å². The van der Waals surface area contributed by atoms with Crippen LogP contribution in [0, 0.1) is 34.0 Å². The zero-order valence-corrected chi connectivity index (χ0v) is 21.8. The Morgan fingerprint density at radius 1 is 0.971 bits per heavy atom. The zero-order valence-electron chi connectivity index (χ0n) is 21.8. The summed E-state index contributed by atoms with van der Waals surface area (Å²) in [4.78, 5) is 37.0. The third kappa shape index (κ3) is 4.88. The minimum atomic E-state index is -0.947. The molecular formula is C27H42O8. The first-order valence-corrected chi connectivity index (χ1v) is 12.7. The van der Waals surface area contributed by atoms with E-state index in [2.05, 4.69) is 27.4 Å². The van der Waals surface area contributed by atoms with E-state index in [1.54, 1.807) is 0 Å². The van der Waals surface area contributed by atoms with E-state index in [-0.39, 0.29) is 41.9 Å². The Morgan fingerprint density at radius 2 is 1.60 bits per heavy atom. The zero-order chi connectivity index (χ0) is 26.2. The standard InChI is InChI=1S/C27H42O8/c1-16-7-8-20-25(4)12-10-22(34-18(3)31)27(6,15-33-17(2)30)21(25)9-11-26(20,5)23(16)24(32)35-19(13-28)14-29/h19-23,28-29H,1,7-15H2,2-6H3/t20-,21-,22-,23+,25-,26-,27-/m0/s1. The van der Waals surface area contributed by atoms with E-state index < -0.39 is 42.0 Å². The molecule has 3 saturated carbocycles. The fraction of sp³-hybridized carbons (Fsp3) is 0.815. The Kier molecular flexibility index (Phi) is 8.07. The van der Waals surface area contributed by atoms with Crippen LogP contribution in [0.25, 0.3) is 0 Å². The normalized spacial score (nSPS) is 38.8. The van der Waals surface area contributed by atoms with Crippen LogP contribution in [0.2, 0.25) is 0 Å². The molecule has 0 aromatic rings. The molecule has 35 heavy (non-hydrogen) atoms. The Morgan fingerprint density at radius 3 is 2.17 bits per heavy atom. The number of ether oxygens (including phenoxy) is 3. The Labute approximate surface area is 208 Å². The van der Waals surface area contributed by atoms with E-state index in [1.165, 1.54) is 13.8 Å². The predicted molar refractivity (Wildman–Crippen MR) is 128 cm³/mol. The van der Waals surface area contributed by atoms with Crippen molar-refractivity contribution in [3.8, 4) is 0 Å². The number of carbonyl (C=O) groups excluding carboxylic acids is 3. The molecule has 0 spiro atoms. The largest absolute Gasteiger partial charge is 0.465 e. The summed E-state index contributed by atoms with van der Waals surface area (Å²) in [5.74, 6) is -1.36. The van der Waals surface area contributed by atoms with Gasteiger partial charge in [0.25, 0.3) is 0 Å². The highest BCUT2D eigenvalue weighted by Gasteiger charge is 2.66. The number of hydrogen-bond acceptors (Lipinski definition) is 8. The van der Waals surface area contributed by atoms with E-state index in [4.69, 9.17) is 14.2 Å². The second-order valence-corrected chi connectivity index (χ2v) is 11.6. The van der Waals surface area contributed by atoms with E-state index in [1.807, 2.05) is 0 Å². The van der Waals surface area contributed by atoms with Gasteiger partial charge in [-0.2, -0.15) is 0 Å². The lowest BCUT2D eigenvalue weighted by atomic mass is 9.38. The molecule has 8 nitrogen and oxygen atoms in total. The quantitative estimate of drug-likeness (QED) is 0.315. The average Bonchev–Trinajstić information content (AvgIpc) is 2.77. The molecule has 0 bridgehead atoms. The van der Waals surface area contributed by atoms with Crippen molar-refractivity contribution >= 4 is 17.9 Å². The number of esters is 3. The van der Waals surface area contributed by atoms with Crippen LogP contribution >= 0.6 is 0 Å². The average molecular weight is 495 g/mol. The molecule has 0 aliphatic heterocycles. The molecule has 0 amide bonds. The molecule has 0 aromatic heterocycles. The topological polar surface area (TPSA) is 119 Å². The maximum Gasteiger partial charge on any atom is 0.314 e. The molecule has 0 radical (unpaired) electrons. The first-order valence-electron chi connectivity index (χ1n) is 12.7. The molecule has 3 aliphatic rings. The summed E-state index contributed by atoms with van der Waals surface area (Å²) in [6, 6.07) is 0. The Hall–Kier alpha value is -1.93. The molecule has 198 valence electrons. The summed E-state index contributed by atoms with van der Waals surface area (Å²) in [7, 11) is 0. The van der Waals surface area contributed by atoms with Crippen molar-refractivity contribution in [2.45, 2.75) is 85.4 Å². The van der Waals surface area contributed by atoms with E-state index >= 15 is 0 Å². The molecule has 3 fully saturated rings. The summed E-state index contributed by atoms with van der Waals surface area (Å²) in [6.07, 6.45) is 3.28. The minimum Gasteiger partial charge on any atom is -0.465 e. The molecule has 2 N–H and O–H groups in total. The highest BCUT2D eigenvalue weighted by atomic mass is 16.6. The highest BCUT2D eigenvalue weighted by Crippen LogP contribution is 2.69. The lowest BCUT2D eigenvalue weighted by Gasteiger charge is -2.66. The van der Waals surface area contributed by atoms with Crippen molar-refractivity contribution < 1.29 is 38.8 Å². The molecule has 0 unspecified atom stereocenters. The van der Waals surface area contributed by atoms with Crippen molar-refractivity contribution in [1.29, 1.82) is 0 Å². The van der Waals surface area contributed by atoms with Gasteiger partial charge in [-0.15, -0.1) is 0 Å². The van der Waals surface area contributed by atoms with Crippen LogP contribution in [0.15, 0.2) is 12.2 Å². The summed E-state index contributed by atoms with van der Waals surface area (Å²) >= 11 is 0. The lowest BCUT2D eigenvalue weighted by Crippen LogP contribution is -2.64. The van der Waals surface area contributed by atoms with Gasteiger partial charge in [0.15, 0.2) is 0 Å². The molecule has 0 aromatic carbocycles. The molecule has 8 heteroatoms. The number of fused-ring (bicyclic) bond motifs is 3. The van der Waals surface area contributed by atoms with Crippen LogP contribution in [-0.2, 0) is 28.6 Å². The van der Waals surface area contributed by atoms with Crippen LogP contribution < -0.4 is 0 Å². The van der Waals surface area contributed by atoms with Crippen LogP contribution in [0.1, 0.15) is 73.1 Å². The maximum atomic E-state index is 13.3. The van der Waals surface area contributed by atoms with Gasteiger partial charge in [0.2, 0.25) is 0 Å². The van der Waals surface area contributed by atoms with Crippen molar-refractivity contribution in [2.24, 2.45) is 34.0 Å². The van der Waals surface area contributed by atoms with Gasteiger partial charge in [-0.05, 0) is 61.2 Å². The Bertz CT molecular complexity index is 850. The van der Waals surface area contributed by atoms with Gasteiger partial charge in [0, 0.05) is 19.3 Å². The third-order valence-electron chi connectivity index (χ3n) is 9.48. The van der Waals surface area contributed by atoms with Gasteiger partial charge in [-0.1, -0.05) is 32.9 Å². The number of hydrogen-bond donors (Lipinski definition) is 2. The van der Waals surface area contributed by atoms with E-state index in [0.29, 0.717) is 12.8 Å². The summed E-state index contributed by atoms with van der Waals surface area (Å²) in [5, 5.41) is 18.9. The van der Waals surface area contributed by atoms with Crippen LogP contribution in [-0.4, -0.2) is 60.1 Å². The highest BCUT2D eigenvalue weighted by molar-refractivity contribution is 5.77. The van der Waals surface area contributed by atoms with Gasteiger partial charge < -0.3 is 24.4 Å². The number of carbonyl (C=O) groups is 3. The van der Waals surface area contributed by atoms with Crippen LogP contribution in [0.4, 0.5) is 0 Å². The van der Waals surface area contributed by atoms with Gasteiger partial charge in [0.05, 0.1) is 19.1 Å². The van der Waals surface area contributed by atoms with Gasteiger partial charge in [0.1, 0.15) is 18.8 Å². The monoisotopic (exact) mass is 494 g/mol. The van der Waals surface area contributed by atoms with Crippen molar-refractivity contribution in [2.75, 3.05) is 19.8 Å². The molecule has 7 atom stereocenters. The van der Waals surface area contributed by atoms with Crippen molar-refractivity contribution in [1.82, 2.24) is 0 Å².